The average Bonchev–Trinajstić information content (AvgIpc) is 3.11. The Morgan fingerprint density at radius 2 is 1.88 bits per heavy atom. The van der Waals surface area contributed by atoms with Gasteiger partial charge in [-0.3, -0.25) is 9.89 Å². The van der Waals surface area contributed by atoms with Crippen molar-refractivity contribution in [3.63, 3.8) is 0 Å². The number of methoxy groups -OCH3 is 1. The van der Waals surface area contributed by atoms with E-state index in [1.807, 2.05) is 49.4 Å². The van der Waals surface area contributed by atoms with Crippen LogP contribution in [0.3, 0.4) is 0 Å². The lowest BCUT2D eigenvalue weighted by atomic mass is 10.2. The molecule has 0 radical (unpaired) electrons. The fourth-order valence-corrected chi connectivity index (χ4v) is 2.94. The molecule has 0 spiro atoms. The maximum atomic E-state index is 12.4. The number of thioether (sulfide) groups is 1. The third-order valence-electron chi connectivity index (χ3n) is 3.53. The van der Waals surface area contributed by atoms with E-state index in [0.29, 0.717) is 22.4 Å². The minimum absolute atomic E-state index is 0.138. The first-order valence-electron chi connectivity index (χ1n) is 7.75. The molecule has 0 saturated carbocycles. The Bertz CT molecular complexity index is 851. The molecule has 128 valence electrons. The Morgan fingerprint density at radius 1 is 1.16 bits per heavy atom. The number of aromatic nitrogens is 3. The minimum atomic E-state index is -0.357. The number of H-pyrrole nitrogens is 1. The molecule has 2 aromatic carbocycles. The van der Waals surface area contributed by atoms with Crippen LogP contribution in [0, 0.1) is 0 Å². The number of carbonyl (C=O) groups is 1. The van der Waals surface area contributed by atoms with Crippen molar-refractivity contribution >= 4 is 23.4 Å². The van der Waals surface area contributed by atoms with Gasteiger partial charge in [0, 0.05) is 5.56 Å². The first kappa shape index (κ1) is 17.0. The molecule has 0 fully saturated rings. The quantitative estimate of drug-likeness (QED) is 0.661. The van der Waals surface area contributed by atoms with Gasteiger partial charge in [0.15, 0.2) is 5.82 Å². The van der Waals surface area contributed by atoms with Gasteiger partial charge in [0.25, 0.3) is 0 Å². The number of nitrogens with zero attached hydrogens (tertiary/aromatic N) is 2. The first-order valence-corrected chi connectivity index (χ1v) is 8.63. The molecule has 0 aliphatic heterocycles. The lowest BCUT2D eigenvalue weighted by molar-refractivity contribution is -0.115. The molecular weight excluding hydrogens is 336 g/mol. The molecule has 1 atom stereocenters. The van der Waals surface area contributed by atoms with E-state index in [2.05, 4.69) is 20.5 Å². The van der Waals surface area contributed by atoms with Crippen LogP contribution in [0.5, 0.6) is 5.75 Å². The third kappa shape index (κ3) is 4.19. The molecule has 0 aliphatic rings. The number of hydrogen-bond donors (Lipinski definition) is 2. The van der Waals surface area contributed by atoms with Crippen molar-refractivity contribution in [2.24, 2.45) is 0 Å². The van der Waals surface area contributed by atoms with Crippen molar-refractivity contribution in [3.8, 4) is 17.1 Å². The van der Waals surface area contributed by atoms with Crippen LogP contribution in [0.1, 0.15) is 6.92 Å². The topological polar surface area (TPSA) is 79.9 Å². The van der Waals surface area contributed by atoms with Crippen LogP contribution in [0.4, 0.5) is 5.69 Å². The number of para-hydroxylation sites is 2. The van der Waals surface area contributed by atoms with Gasteiger partial charge in [-0.05, 0) is 19.1 Å². The molecule has 0 aliphatic carbocycles. The predicted molar refractivity (Wildman–Crippen MR) is 98.8 cm³/mol. The van der Waals surface area contributed by atoms with Gasteiger partial charge in [-0.25, -0.2) is 4.98 Å². The largest absolute Gasteiger partial charge is 0.495 e. The summed E-state index contributed by atoms with van der Waals surface area (Å²) in [5.41, 5.74) is 1.59. The number of benzene rings is 2. The number of aromatic amines is 1. The van der Waals surface area contributed by atoms with E-state index in [4.69, 9.17) is 4.74 Å². The Labute approximate surface area is 150 Å². The summed E-state index contributed by atoms with van der Waals surface area (Å²) in [6.07, 6.45) is 0. The van der Waals surface area contributed by atoms with Crippen molar-refractivity contribution in [1.82, 2.24) is 15.2 Å². The van der Waals surface area contributed by atoms with Gasteiger partial charge in [0.2, 0.25) is 11.1 Å². The second kappa shape index (κ2) is 7.85. The van der Waals surface area contributed by atoms with Crippen molar-refractivity contribution in [2.45, 2.75) is 17.3 Å². The zero-order valence-electron chi connectivity index (χ0n) is 13.9. The van der Waals surface area contributed by atoms with E-state index < -0.39 is 0 Å². The Kier molecular flexibility index (Phi) is 5.35. The van der Waals surface area contributed by atoms with Crippen LogP contribution in [0.25, 0.3) is 11.4 Å². The highest BCUT2D eigenvalue weighted by Gasteiger charge is 2.18. The zero-order chi connectivity index (χ0) is 17.6. The van der Waals surface area contributed by atoms with E-state index in [1.165, 1.54) is 11.8 Å². The summed E-state index contributed by atoms with van der Waals surface area (Å²) in [5.74, 6) is 1.17. The van der Waals surface area contributed by atoms with Crippen molar-refractivity contribution in [2.75, 3.05) is 12.4 Å². The third-order valence-corrected chi connectivity index (χ3v) is 4.49. The molecule has 2 N–H and O–H groups in total. The molecule has 1 aromatic heterocycles. The van der Waals surface area contributed by atoms with Gasteiger partial charge in [0.1, 0.15) is 5.75 Å². The van der Waals surface area contributed by atoms with Crippen LogP contribution in [-0.2, 0) is 4.79 Å². The van der Waals surface area contributed by atoms with Gasteiger partial charge < -0.3 is 10.1 Å². The summed E-state index contributed by atoms with van der Waals surface area (Å²) in [7, 11) is 1.57. The second-order valence-electron chi connectivity index (χ2n) is 5.28. The highest BCUT2D eigenvalue weighted by molar-refractivity contribution is 8.00. The number of nitrogens with one attached hydrogen (secondary N) is 2. The summed E-state index contributed by atoms with van der Waals surface area (Å²) in [5, 5.41) is 10.1. The van der Waals surface area contributed by atoms with Gasteiger partial charge in [0.05, 0.1) is 18.0 Å². The van der Waals surface area contributed by atoms with E-state index >= 15 is 0 Å². The molecule has 7 heteroatoms. The molecule has 1 heterocycles. The molecule has 1 amide bonds. The maximum absolute atomic E-state index is 12.4. The fourth-order valence-electron chi connectivity index (χ4n) is 2.22. The average molecular weight is 354 g/mol. The highest BCUT2D eigenvalue weighted by atomic mass is 32.2. The zero-order valence-corrected chi connectivity index (χ0v) is 14.7. The Hall–Kier alpha value is -2.80. The molecule has 0 saturated heterocycles. The normalized spacial score (nSPS) is 11.8. The van der Waals surface area contributed by atoms with Crippen molar-refractivity contribution in [3.05, 3.63) is 54.6 Å². The summed E-state index contributed by atoms with van der Waals surface area (Å²) in [6.45, 7) is 1.81. The van der Waals surface area contributed by atoms with Crippen LogP contribution in [0.15, 0.2) is 59.8 Å². The molecule has 0 bridgehead atoms. The maximum Gasteiger partial charge on any atom is 0.237 e. The molecular formula is C18H18N4O2S. The SMILES string of the molecule is COc1ccccc1NC(=O)[C@@H](C)Sc1n[nH]c(-c2ccccc2)n1. The number of amides is 1. The molecule has 3 aromatic rings. The van der Waals surface area contributed by atoms with Gasteiger partial charge >= 0.3 is 0 Å². The highest BCUT2D eigenvalue weighted by Crippen LogP contribution is 2.26. The van der Waals surface area contributed by atoms with Crippen LogP contribution >= 0.6 is 11.8 Å². The lowest BCUT2D eigenvalue weighted by Gasteiger charge is -2.12. The number of anilines is 1. The van der Waals surface area contributed by atoms with E-state index in [0.717, 1.165) is 5.56 Å². The smallest absolute Gasteiger partial charge is 0.237 e. The second-order valence-corrected chi connectivity index (χ2v) is 6.59. The van der Waals surface area contributed by atoms with Crippen LogP contribution in [-0.4, -0.2) is 33.4 Å². The summed E-state index contributed by atoms with van der Waals surface area (Å²) in [4.78, 5) is 16.8. The first-order chi connectivity index (χ1) is 12.2. The lowest BCUT2D eigenvalue weighted by Crippen LogP contribution is -2.22. The van der Waals surface area contributed by atoms with E-state index in [1.54, 1.807) is 19.2 Å². The predicted octanol–water partition coefficient (Wildman–Crippen LogP) is 3.60. The number of carbonyl (C=O) groups excluding carboxylic acids is 1. The Balaban J connectivity index is 1.65. The molecule has 0 unspecified atom stereocenters. The van der Waals surface area contributed by atoms with Gasteiger partial charge in [-0.2, -0.15) is 0 Å². The minimum Gasteiger partial charge on any atom is -0.495 e. The van der Waals surface area contributed by atoms with Gasteiger partial charge in [-0.1, -0.05) is 54.2 Å². The number of ether oxygens (including phenoxy) is 1. The van der Waals surface area contributed by atoms with E-state index in [9.17, 15) is 4.79 Å². The van der Waals surface area contributed by atoms with Crippen molar-refractivity contribution in [1.29, 1.82) is 0 Å². The molecule has 3 rings (SSSR count). The summed E-state index contributed by atoms with van der Waals surface area (Å²) < 4.78 is 5.25. The number of hydrogen-bond acceptors (Lipinski definition) is 5. The molecule has 6 nitrogen and oxygen atoms in total. The van der Waals surface area contributed by atoms with Gasteiger partial charge in [-0.15, -0.1) is 5.10 Å². The summed E-state index contributed by atoms with van der Waals surface area (Å²) in [6, 6.07) is 17.0. The monoisotopic (exact) mass is 354 g/mol. The van der Waals surface area contributed by atoms with Crippen LogP contribution < -0.4 is 10.1 Å². The summed E-state index contributed by atoms with van der Waals surface area (Å²) >= 11 is 1.29. The van der Waals surface area contributed by atoms with E-state index in [-0.39, 0.29) is 11.2 Å². The van der Waals surface area contributed by atoms with Crippen LogP contribution in [0.2, 0.25) is 0 Å². The fraction of sp³-hybridized carbons (Fsp3) is 0.167. The Morgan fingerprint density at radius 3 is 2.64 bits per heavy atom. The van der Waals surface area contributed by atoms with Crippen molar-refractivity contribution < 1.29 is 9.53 Å². The molecule has 25 heavy (non-hydrogen) atoms. The standard InChI is InChI=1S/C18H18N4O2S/c1-12(17(23)19-14-10-6-7-11-15(14)24-2)25-18-20-16(21-22-18)13-8-4-3-5-9-13/h3-12H,1-2H3,(H,19,23)(H,20,21,22)/t12-/m1/s1. The number of rotatable bonds is 6.